The first kappa shape index (κ1) is 18.2. The van der Waals surface area contributed by atoms with Gasteiger partial charge in [-0.2, -0.15) is 0 Å². The second-order valence-corrected chi connectivity index (χ2v) is 6.30. The maximum atomic E-state index is 12.2. The Morgan fingerprint density at radius 3 is 2.46 bits per heavy atom. The van der Waals surface area contributed by atoms with Crippen LogP contribution in [0.2, 0.25) is 0 Å². The number of amides is 1. The molecule has 0 bridgehead atoms. The van der Waals surface area contributed by atoms with Gasteiger partial charge in [-0.25, -0.2) is 4.79 Å². The summed E-state index contributed by atoms with van der Waals surface area (Å²) in [6.07, 6.45) is 0. The number of likely N-dealkylation sites (N-methyl/N-ethyl adjacent to an activating group) is 1. The van der Waals surface area contributed by atoms with Gasteiger partial charge in [0.2, 0.25) is 5.91 Å². The Morgan fingerprint density at radius 1 is 1.12 bits per heavy atom. The minimum absolute atomic E-state index is 0.189. The molecule has 0 aliphatic carbocycles. The zero-order chi connectivity index (χ0) is 17.5. The van der Waals surface area contributed by atoms with Gasteiger partial charge in [-0.15, -0.1) is 0 Å². The van der Waals surface area contributed by atoms with E-state index < -0.39 is 5.97 Å². The monoisotopic (exact) mass is 390 g/mol. The number of para-hydroxylation sites is 1. The molecule has 24 heavy (non-hydrogen) atoms. The lowest BCUT2D eigenvalue weighted by Crippen LogP contribution is -2.30. The predicted octanol–water partition coefficient (Wildman–Crippen LogP) is 3.31. The third kappa shape index (κ3) is 5.18. The van der Waals surface area contributed by atoms with E-state index in [2.05, 4.69) is 21.2 Å². The summed E-state index contributed by atoms with van der Waals surface area (Å²) in [5.74, 6) is -0.667. The van der Waals surface area contributed by atoms with Gasteiger partial charge < -0.3 is 10.1 Å². The lowest BCUT2D eigenvalue weighted by Gasteiger charge is -2.17. The highest BCUT2D eigenvalue weighted by atomic mass is 79.9. The number of carbonyl (C=O) groups is 2. The van der Waals surface area contributed by atoms with E-state index in [-0.39, 0.29) is 12.5 Å². The fourth-order valence-electron chi connectivity index (χ4n) is 2.27. The van der Waals surface area contributed by atoms with Crippen molar-refractivity contribution in [3.63, 3.8) is 0 Å². The third-order valence-corrected chi connectivity index (χ3v) is 3.91. The Morgan fingerprint density at radius 2 is 1.79 bits per heavy atom. The number of benzene rings is 2. The molecule has 0 radical (unpaired) electrons. The number of methoxy groups -OCH3 is 1. The molecule has 2 aromatic carbocycles. The Balaban J connectivity index is 1.95. The summed E-state index contributed by atoms with van der Waals surface area (Å²) < 4.78 is 5.74. The number of carbonyl (C=O) groups excluding carboxylic acids is 2. The molecule has 0 unspecified atom stereocenters. The van der Waals surface area contributed by atoms with Gasteiger partial charge in [-0.1, -0.05) is 40.2 Å². The molecule has 0 aliphatic rings. The molecule has 0 aliphatic heterocycles. The molecule has 5 nitrogen and oxygen atoms in total. The van der Waals surface area contributed by atoms with Gasteiger partial charge in [-0.3, -0.25) is 9.69 Å². The minimum atomic E-state index is -0.478. The molecule has 0 atom stereocenters. The highest BCUT2D eigenvalue weighted by Crippen LogP contribution is 2.16. The van der Waals surface area contributed by atoms with Crippen molar-refractivity contribution in [1.82, 2.24) is 4.90 Å². The Bertz CT molecular complexity index is 716. The molecule has 0 heterocycles. The maximum absolute atomic E-state index is 12.2. The van der Waals surface area contributed by atoms with Crippen LogP contribution in [0.5, 0.6) is 0 Å². The van der Waals surface area contributed by atoms with Crippen LogP contribution in [0.25, 0.3) is 0 Å². The number of hydrogen-bond donors (Lipinski definition) is 1. The number of anilines is 1. The molecular formula is C18H19BrN2O3. The third-order valence-electron chi connectivity index (χ3n) is 3.39. The average molecular weight is 391 g/mol. The van der Waals surface area contributed by atoms with Crippen LogP contribution in [-0.4, -0.2) is 37.5 Å². The van der Waals surface area contributed by atoms with Crippen molar-refractivity contribution in [2.24, 2.45) is 0 Å². The molecule has 2 aromatic rings. The van der Waals surface area contributed by atoms with Gasteiger partial charge in [0.05, 0.1) is 24.9 Å². The van der Waals surface area contributed by atoms with Crippen molar-refractivity contribution in [3.05, 3.63) is 64.1 Å². The molecular weight excluding hydrogens is 372 g/mol. The summed E-state index contributed by atoms with van der Waals surface area (Å²) in [4.78, 5) is 25.8. The summed E-state index contributed by atoms with van der Waals surface area (Å²) in [6, 6.07) is 14.7. The molecule has 0 spiro atoms. The zero-order valence-corrected chi connectivity index (χ0v) is 15.2. The molecule has 2 rings (SSSR count). The van der Waals surface area contributed by atoms with Crippen LogP contribution in [0.3, 0.4) is 0 Å². The van der Waals surface area contributed by atoms with E-state index in [1.807, 2.05) is 36.2 Å². The standard InChI is InChI=1S/C18H19BrN2O3/c1-21(11-13-7-9-14(19)10-8-13)12-17(22)20-16-6-4-3-5-15(16)18(23)24-2/h3-10H,11-12H2,1-2H3,(H,20,22). The Hall–Kier alpha value is -2.18. The van der Waals surface area contributed by atoms with E-state index in [9.17, 15) is 9.59 Å². The van der Waals surface area contributed by atoms with Crippen LogP contribution >= 0.6 is 15.9 Å². The van der Waals surface area contributed by atoms with E-state index in [1.54, 1.807) is 24.3 Å². The van der Waals surface area contributed by atoms with E-state index in [1.165, 1.54) is 7.11 Å². The smallest absolute Gasteiger partial charge is 0.339 e. The number of nitrogens with one attached hydrogen (secondary N) is 1. The Kier molecular flexibility index (Phi) is 6.52. The van der Waals surface area contributed by atoms with Crippen LogP contribution in [0.1, 0.15) is 15.9 Å². The van der Waals surface area contributed by atoms with Gasteiger partial charge in [0.25, 0.3) is 0 Å². The molecule has 0 saturated heterocycles. The van der Waals surface area contributed by atoms with Crippen LogP contribution in [-0.2, 0) is 16.1 Å². The first-order valence-electron chi connectivity index (χ1n) is 7.40. The second-order valence-electron chi connectivity index (χ2n) is 5.38. The van der Waals surface area contributed by atoms with Crippen molar-refractivity contribution >= 4 is 33.5 Å². The van der Waals surface area contributed by atoms with Crippen molar-refractivity contribution in [1.29, 1.82) is 0 Å². The van der Waals surface area contributed by atoms with Gasteiger partial charge in [0.1, 0.15) is 0 Å². The van der Waals surface area contributed by atoms with Crippen molar-refractivity contribution in [2.45, 2.75) is 6.54 Å². The summed E-state index contributed by atoms with van der Waals surface area (Å²) in [5, 5.41) is 2.76. The largest absolute Gasteiger partial charge is 0.465 e. The number of rotatable bonds is 6. The first-order valence-corrected chi connectivity index (χ1v) is 8.19. The van der Waals surface area contributed by atoms with E-state index in [4.69, 9.17) is 4.74 Å². The van der Waals surface area contributed by atoms with Crippen LogP contribution in [0.4, 0.5) is 5.69 Å². The summed E-state index contributed by atoms with van der Waals surface area (Å²) >= 11 is 3.40. The lowest BCUT2D eigenvalue weighted by atomic mass is 10.2. The van der Waals surface area contributed by atoms with Crippen molar-refractivity contribution in [2.75, 3.05) is 26.0 Å². The quantitative estimate of drug-likeness (QED) is 0.768. The fourth-order valence-corrected chi connectivity index (χ4v) is 2.54. The lowest BCUT2D eigenvalue weighted by molar-refractivity contribution is -0.117. The second kappa shape index (κ2) is 8.61. The molecule has 0 saturated carbocycles. The number of ether oxygens (including phenoxy) is 1. The number of nitrogens with zero attached hydrogens (tertiary/aromatic N) is 1. The average Bonchev–Trinajstić information content (AvgIpc) is 2.56. The summed E-state index contributed by atoms with van der Waals surface area (Å²) in [7, 11) is 3.18. The topological polar surface area (TPSA) is 58.6 Å². The Labute approximate surface area is 149 Å². The molecule has 6 heteroatoms. The molecule has 0 aromatic heterocycles. The first-order chi connectivity index (χ1) is 11.5. The number of hydrogen-bond acceptors (Lipinski definition) is 4. The van der Waals surface area contributed by atoms with Crippen LogP contribution < -0.4 is 5.32 Å². The summed E-state index contributed by atoms with van der Waals surface area (Å²) in [5.41, 5.74) is 1.90. The van der Waals surface area contributed by atoms with E-state index >= 15 is 0 Å². The fraction of sp³-hybridized carbons (Fsp3) is 0.222. The molecule has 126 valence electrons. The number of halogens is 1. The van der Waals surface area contributed by atoms with Crippen LogP contribution in [0, 0.1) is 0 Å². The number of esters is 1. The van der Waals surface area contributed by atoms with Crippen molar-refractivity contribution < 1.29 is 14.3 Å². The summed E-state index contributed by atoms with van der Waals surface area (Å²) in [6.45, 7) is 0.866. The highest BCUT2D eigenvalue weighted by Gasteiger charge is 2.14. The highest BCUT2D eigenvalue weighted by molar-refractivity contribution is 9.10. The van der Waals surface area contributed by atoms with Gasteiger partial charge in [-0.05, 0) is 36.9 Å². The van der Waals surface area contributed by atoms with Gasteiger partial charge in [0, 0.05) is 11.0 Å². The molecule has 0 fully saturated rings. The van der Waals surface area contributed by atoms with Crippen molar-refractivity contribution in [3.8, 4) is 0 Å². The van der Waals surface area contributed by atoms with E-state index in [0.29, 0.717) is 17.8 Å². The minimum Gasteiger partial charge on any atom is -0.465 e. The van der Waals surface area contributed by atoms with Gasteiger partial charge in [0.15, 0.2) is 0 Å². The van der Waals surface area contributed by atoms with Gasteiger partial charge >= 0.3 is 5.97 Å². The predicted molar refractivity (Wildman–Crippen MR) is 96.9 cm³/mol. The van der Waals surface area contributed by atoms with E-state index in [0.717, 1.165) is 10.0 Å². The SMILES string of the molecule is COC(=O)c1ccccc1NC(=O)CN(C)Cc1ccc(Br)cc1. The van der Waals surface area contributed by atoms with Crippen LogP contribution in [0.15, 0.2) is 53.0 Å². The molecule has 1 amide bonds. The normalized spacial score (nSPS) is 10.5. The zero-order valence-electron chi connectivity index (χ0n) is 13.6. The molecule has 1 N–H and O–H groups in total. The maximum Gasteiger partial charge on any atom is 0.339 e.